The highest BCUT2D eigenvalue weighted by Crippen LogP contribution is 2.32. The highest BCUT2D eigenvalue weighted by molar-refractivity contribution is 9.10. The molecular weight excluding hydrogens is 298 g/mol. The zero-order valence-electron chi connectivity index (χ0n) is 10.2. The van der Waals surface area contributed by atoms with Crippen molar-refractivity contribution in [1.82, 2.24) is 10.2 Å². The molecule has 18 heavy (non-hydrogen) atoms. The molecule has 96 valence electrons. The van der Waals surface area contributed by atoms with Crippen LogP contribution in [-0.4, -0.2) is 30.4 Å². The van der Waals surface area contributed by atoms with Gasteiger partial charge in [-0.15, -0.1) is 0 Å². The van der Waals surface area contributed by atoms with E-state index in [0.29, 0.717) is 6.54 Å². The summed E-state index contributed by atoms with van der Waals surface area (Å²) in [5.74, 6) is 0.935. The lowest BCUT2D eigenvalue weighted by molar-refractivity contribution is 0.209. The summed E-state index contributed by atoms with van der Waals surface area (Å²) in [5.41, 5.74) is 0.882. The molecule has 1 aliphatic heterocycles. The smallest absolute Gasteiger partial charge is 0.323 e. The molecule has 1 unspecified atom stereocenters. The predicted molar refractivity (Wildman–Crippen MR) is 72.1 cm³/mol. The summed E-state index contributed by atoms with van der Waals surface area (Å²) in [4.78, 5) is 13.3. The van der Waals surface area contributed by atoms with Gasteiger partial charge in [0.05, 0.1) is 11.6 Å². The maximum Gasteiger partial charge on any atom is 0.323 e. The molecule has 0 bridgehead atoms. The quantitative estimate of drug-likeness (QED) is 0.901. The van der Waals surface area contributed by atoms with Crippen molar-refractivity contribution in [2.75, 3.05) is 13.7 Å². The minimum atomic E-state index is -0.343. The number of amides is 2. The number of methoxy groups -OCH3 is 1. The van der Waals surface area contributed by atoms with Gasteiger partial charge in [-0.25, -0.2) is 4.79 Å². The first kappa shape index (κ1) is 12.9. The van der Waals surface area contributed by atoms with Crippen LogP contribution in [0.4, 0.5) is 4.79 Å². The number of ether oxygens (including phenoxy) is 1. The van der Waals surface area contributed by atoms with Crippen LogP contribution in [0.1, 0.15) is 18.5 Å². The third-order valence-corrected chi connectivity index (χ3v) is 3.54. The van der Waals surface area contributed by atoms with Gasteiger partial charge in [0.15, 0.2) is 0 Å². The number of amidine groups is 1. The topological polar surface area (TPSA) is 65.4 Å². The van der Waals surface area contributed by atoms with Crippen molar-refractivity contribution in [3.05, 3.63) is 28.2 Å². The van der Waals surface area contributed by atoms with Gasteiger partial charge in [0.1, 0.15) is 17.6 Å². The molecular formula is C12H14BrN3O2. The Morgan fingerprint density at radius 3 is 2.83 bits per heavy atom. The second-order valence-electron chi connectivity index (χ2n) is 3.93. The number of carbonyl (C=O) groups excluding carboxylic acids is 1. The molecule has 1 fully saturated rings. The molecule has 0 aliphatic carbocycles. The third-order valence-electron chi connectivity index (χ3n) is 2.92. The fraction of sp³-hybridized carbons (Fsp3) is 0.333. The van der Waals surface area contributed by atoms with Crippen LogP contribution < -0.4 is 10.1 Å². The van der Waals surface area contributed by atoms with Gasteiger partial charge in [-0.1, -0.05) is 6.07 Å². The molecule has 5 nitrogen and oxygen atoms in total. The van der Waals surface area contributed by atoms with E-state index in [1.165, 1.54) is 0 Å². The molecule has 2 amide bonds. The third kappa shape index (κ3) is 2.08. The van der Waals surface area contributed by atoms with Gasteiger partial charge in [-0.2, -0.15) is 0 Å². The molecule has 6 heteroatoms. The minimum Gasteiger partial charge on any atom is -0.496 e. The zero-order valence-corrected chi connectivity index (χ0v) is 11.7. The molecule has 1 aromatic carbocycles. The number of hydrogen-bond donors (Lipinski definition) is 2. The lowest BCUT2D eigenvalue weighted by Crippen LogP contribution is -2.29. The van der Waals surface area contributed by atoms with Crippen molar-refractivity contribution in [2.45, 2.75) is 13.0 Å². The minimum absolute atomic E-state index is 0.207. The molecule has 2 rings (SSSR count). The number of nitrogens with one attached hydrogen (secondary N) is 2. The van der Waals surface area contributed by atoms with Crippen LogP contribution in [0.15, 0.2) is 22.7 Å². The second kappa shape index (κ2) is 4.97. The van der Waals surface area contributed by atoms with E-state index in [-0.39, 0.29) is 17.9 Å². The van der Waals surface area contributed by atoms with Gasteiger partial charge < -0.3 is 9.64 Å². The molecule has 0 aromatic heterocycles. The van der Waals surface area contributed by atoms with Gasteiger partial charge in [-0.3, -0.25) is 10.7 Å². The van der Waals surface area contributed by atoms with Crippen molar-refractivity contribution in [3.63, 3.8) is 0 Å². The Hall–Kier alpha value is -1.56. The van der Waals surface area contributed by atoms with Crippen LogP contribution in [0.2, 0.25) is 0 Å². The first-order valence-corrected chi connectivity index (χ1v) is 6.37. The monoisotopic (exact) mass is 311 g/mol. The number of benzene rings is 1. The molecule has 1 atom stereocenters. The van der Waals surface area contributed by atoms with Crippen molar-refractivity contribution in [2.24, 2.45) is 0 Å². The Kier molecular flexibility index (Phi) is 3.56. The SMILES string of the molecule is CCN1C(=O)NC(=N)C1c1ccc(OC)c(Br)c1. The van der Waals surface area contributed by atoms with E-state index >= 15 is 0 Å². The average Bonchev–Trinajstić information content (AvgIpc) is 2.63. The van der Waals surface area contributed by atoms with E-state index in [0.717, 1.165) is 15.8 Å². The number of likely N-dealkylation sites (N-methyl/N-ethyl adjacent to an activating group) is 1. The first-order chi connectivity index (χ1) is 8.58. The Bertz CT molecular complexity index is 504. The maximum atomic E-state index is 11.6. The fourth-order valence-corrected chi connectivity index (χ4v) is 2.61. The molecule has 1 heterocycles. The van der Waals surface area contributed by atoms with Crippen LogP contribution in [-0.2, 0) is 0 Å². The number of rotatable bonds is 3. The van der Waals surface area contributed by atoms with E-state index in [9.17, 15) is 4.79 Å². The van der Waals surface area contributed by atoms with Crippen molar-refractivity contribution in [1.29, 1.82) is 5.41 Å². The number of nitrogens with zero attached hydrogens (tertiary/aromatic N) is 1. The molecule has 2 N–H and O–H groups in total. The van der Waals surface area contributed by atoms with Crippen molar-refractivity contribution in [3.8, 4) is 5.75 Å². The molecule has 0 radical (unpaired) electrons. The number of halogens is 1. The Balaban J connectivity index is 2.38. The van der Waals surface area contributed by atoms with Gasteiger partial charge in [0, 0.05) is 6.54 Å². The van der Waals surface area contributed by atoms with Gasteiger partial charge in [-0.05, 0) is 40.5 Å². The van der Waals surface area contributed by atoms with Gasteiger partial charge in [0.2, 0.25) is 0 Å². The molecule has 0 spiro atoms. The van der Waals surface area contributed by atoms with E-state index < -0.39 is 0 Å². The Labute approximate surface area is 114 Å². The van der Waals surface area contributed by atoms with E-state index in [4.69, 9.17) is 10.1 Å². The van der Waals surface area contributed by atoms with Crippen molar-refractivity contribution >= 4 is 27.8 Å². The molecule has 1 aromatic rings. The van der Waals surface area contributed by atoms with Gasteiger partial charge in [0.25, 0.3) is 0 Å². The molecule has 1 saturated heterocycles. The Morgan fingerprint density at radius 2 is 2.28 bits per heavy atom. The Morgan fingerprint density at radius 1 is 1.56 bits per heavy atom. The summed E-state index contributed by atoms with van der Waals surface area (Å²) < 4.78 is 5.98. The number of urea groups is 1. The normalized spacial score (nSPS) is 19.1. The maximum absolute atomic E-state index is 11.6. The predicted octanol–water partition coefficient (Wildman–Crippen LogP) is 2.52. The number of hydrogen-bond acceptors (Lipinski definition) is 3. The van der Waals surface area contributed by atoms with Crippen molar-refractivity contribution < 1.29 is 9.53 Å². The average molecular weight is 312 g/mol. The molecule has 1 aliphatic rings. The summed E-state index contributed by atoms with van der Waals surface area (Å²) >= 11 is 3.41. The van der Waals surface area contributed by atoms with Gasteiger partial charge >= 0.3 is 6.03 Å². The van der Waals surface area contributed by atoms with Crippen LogP contribution in [0.5, 0.6) is 5.75 Å². The second-order valence-corrected chi connectivity index (χ2v) is 4.78. The standard InChI is InChI=1S/C12H14BrN3O2/c1-3-16-10(11(14)15-12(16)17)7-4-5-9(18-2)8(13)6-7/h4-6,10H,3H2,1-2H3,(H2,14,15,17). The summed E-state index contributed by atoms with van der Waals surface area (Å²) in [6, 6.07) is 5.00. The van der Waals surface area contributed by atoms with Crippen LogP contribution in [0.3, 0.4) is 0 Å². The van der Waals surface area contributed by atoms with Crippen LogP contribution in [0.25, 0.3) is 0 Å². The highest BCUT2D eigenvalue weighted by Gasteiger charge is 2.35. The zero-order chi connectivity index (χ0) is 13.3. The highest BCUT2D eigenvalue weighted by atomic mass is 79.9. The summed E-state index contributed by atoms with van der Waals surface area (Å²) in [7, 11) is 1.60. The summed E-state index contributed by atoms with van der Waals surface area (Å²) in [5, 5.41) is 10.4. The molecule has 0 saturated carbocycles. The number of carbonyl (C=O) groups is 1. The summed E-state index contributed by atoms with van der Waals surface area (Å²) in [6.45, 7) is 2.45. The van der Waals surface area contributed by atoms with E-state index in [2.05, 4.69) is 21.2 Å². The fourth-order valence-electron chi connectivity index (χ4n) is 2.05. The van der Waals surface area contributed by atoms with Crippen LogP contribution in [0, 0.1) is 5.41 Å². The largest absolute Gasteiger partial charge is 0.496 e. The summed E-state index contributed by atoms with van der Waals surface area (Å²) in [6.07, 6.45) is 0. The van der Waals surface area contributed by atoms with E-state index in [1.54, 1.807) is 12.0 Å². The lowest BCUT2D eigenvalue weighted by atomic mass is 10.1. The lowest BCUT2D eigenvalue weighted by Gasteiger charge is -2.21. The first-order valence-electron chi connectivity index (χ1n) is 5.58. The van der Waals surface area contributed by atoms with E-state index in [1.807, 2.05) is 25.1 Å². The van der Waals surface area contributed by atoms with Crippen LogP contribution >= 0.6 is 15.9 Å².